The van der Waals surface area contributed by atoms with Gasteiger partial charge in [-0.15, -0.1) is 0 Å². The molecule has 1 atom stereocenters. The summed E-state index contributed by atoms with van der Waals surface area (Å²) >= 11 is 0. The maximum atomic E-state index is 12.6. The third kappa shape index (κ3) is 5.43. The Morgan fingerprint density at radius 2 is 1.52 bits per heavy atom. The first-order chi connectivity index (χ1) is 13.1. The van der Waals surface area contributed by atoms with Crippen LogP contribution in [0.2, 0.25) is 0 Å². The van der Waals surface area contributed by atoms with E-state index in [0.29, 0.717) is 11.3 Å². The van der Waals surface area contributed by atoms with Crippen molar-refractivity contribution in [1.29, 1.82) is 0 Å². The Morgan fingerprint density at radius 3 is 2.07 bits per heavy atom. The van der Waals surface area contributed by atoms with E-state index in [1.54, 1.807) is 62.4 Å². The van der Waals surface area contributed by atoms with E-state index in [-0.39, 0.29) is 18.9 Å². The third-order valence-electron chi connectivity index (χ3n) is 3.66. The molecule has 0 radical (unpaired) electrons. The van der Waals surface area contributed by atoms with Crippen LogP contribution in [0.3, 0.4) is 0 Å². The van der Waals surface area contributed by atoms with Crippen molar-refractivity contribution in [1.82, 2.24) is 0 Å². The van der Waals surface area contributed by atoms with Crippen LogP contribution in [-0.4, -0.2) is 30.3 Å². The van der Waals surface area contributed by atoms with Gasteiger partial charge in [-0.05, 0) is 26.0 Å². The zero-order valence-corrected chi connectivity index (χ0v) is 15.4. The van der Waals surface area contributed by atoms with E-state index in [1.807, 2.05) is 12.1 Å². The molecule has 6 nitrogen and oxygen atoms in total. The Hall–Kier alpha value is -3.12. The Labute approximate surface area is 158 Å². The number of rotatable bonds is 8. The summed E-state index contributed by atoms with van der Waals surface area (Å²) < 4.78 is 10.0. The van der Waals surface area contributed by atoms with Gasteiger partial charge in [0.1, 0.15) is 5.70 Å². The Bertz CT molecular complexity index is 774. The normalized spacial score (nSPS) is 12.2. The lowest BCUT2D eigenvalue weighted by atomic mass is 10.1. The van der Waals surface area contributed by atoms with Crippen molar-refractivity contribution >= 4 is 17.6 Å². The molecule has 1 unspecified atom stereocenters. The lowest BCUT2D eigenvalue weighted by Gasteiger charge is -2.31. The number of aliphatic hydroxyl groups is 1. The molecule has 142 valence electrons. The fraction of sp³-hybridized carbons (Fsp3) is 0.238. The molecule has 1 N–H and O–H groups in total. The number of hydrogen-bond donors (Lipinski definition) is 1. The summed E-state index contributed by atoms with van der Waals surface area (Å²) in [6, 6.07) is 17.7. The van der Waals surface area contributed by atoms with Crippen LogP contribution in [0.15, 0.2) is 72.4 Å². The maximum Gasteiger partial charge on any atom is 0.355 e. The molecule has 27 heavy (non-hydrogen) atoms. The van der Waals surface area contributed by atoms with Crippen LogP contribution in [0, 0.1) is 0 Å². The standard InChI is InChI=1S/C21H23NO5/c1-3-26-19(23)15-18(21(25)27-4-2)22(17-13-9-6-10-14-17)20(24)16-11-7-5-8-12-16/h5-15,20,24H,3-4H2,1-2H3/b18-15-. The van der Waals surface area contributed by atoms with Crippen molar-refractivity contribution in [3.05, 3.63) is 78.0 Å². The summed E-state index contributed by atoms with van der Waals surface area (Å²) in [6.45, 7) is 3.63. The van der Waals surface area contributed by atoms with Gasteiger partial charge in [0.25, 0.3) is 0 Å². The number of esters is 2. The molecule has 2 aromatic rings. The number of ether oxygens (including phenoxy) is 2. The van der Waals surface area contributed by atoms with Gasteiger partial charge < -0.3 is 19.5 Å². The van der Waals surface area contributed by atoms with E-state index in [2.05, 4.69) is 0 Å². The largest absolute Gasteiger partial charge is 0.463 e. The first-order valence-electron chi connectivity index (χ1n) is 8.71. The van der Waals surface area contributed by atoms with Crippen LogP contribution >= 0.6 is 0 Å². The molecule has 0 aromatic heterocycles. The zero-order valence-electron chi connectivity index (χ0n) is 15.4. The average molecular weight is 369 g/mol. The molecule has 0 fully saturated rings. The van der Waals surface area contributed by atoms with Crippen molar-refractivity contribution in [3.8, 4) is 0 Å². The molecule has 0 spiro atoms. The zero-order chi connectivity index (χ0) is 19.6. The predicted octanol–water partition coefficient (Wildman–Crippen LogP) is 3.19. The van der Waals surface area contributed by atoms with Crippen LogP contribution in [-0.2, 0) is 19.1 Å². The number of para-hydroxylation sites is 1. The third-order valence-corrected chi connectivity index (χ3v) is 3.66. The number of benzene rings is 2. The van der Waals surface area contributed by atoms with Crippen LogP contribution in [0.5, 0.6) is 0 Å². The molecule has 0 saturated carbocycles. The fourth-order valence-electron chi connectivity index (χ4n) is 2.50. The summed E-state index contributed by atoms with van der Waals surface area (Å²) in [5.74, 6) is -1.42. The minimum atomic E-state index is -1.21. The van der Waals surface area contributed by atoms with Gasteiger partial charge in [0, 0.05) is 11.3 Å². The second-order valence-corrected chi connectivity index (χ2v) is 5.49. The molecule has 0 aliphatic carbocycles. The average Bonchev–Trinajstić information content (AvgIpc) is 2.69. The molecular weight excluding hydrogens is 346 g/mol. The molecule has 0 bridgehead atoms. The van der Waals surface area contributed by atoms with Crippen molar-refractivity contribution in [2.24, 2.45) is 0 Å². The summed E-state index contributed by atoms with van der Waals surface area (Å²) in [7, 11) is 0. The first kappa shape index (κ1) is 20.2. The molecule has 0 saturated heterocycles. The first-order valence-corrected chi connectivity index (χ1v) is 8.71. The summed E-state index contributed by atoms with van der Waals surface area (Å²) in [6.07, 6.45) is -0.167. The number of hydrogen-bond acceptors (Lipinski definition) is 6. The highest BCUT2D eigenvalue weighted by Crippen LogP contribution is 2.30. The molecule has 6 heteroatoms. The number of aliphatic hydroxyl groups excluding tert-OH is 1. The lowest BCUT2D eigenvalue weighted by Crippen LogP contribution is -2.33. The molecule has 2 rings (SSSR count). The summed E-state index contributed by atoms with van der Waals surface area (Å²) in [5, 5.41) is 11.0. The smallest absolute Gasteiger partial charge is 0.355 e. The van der Waals surface area contributed by atoms with Crippen molar-refractivity contribution in [3.63, 3.8) is 0 Å². The number of anilines is 1. The predicted molar refractivity (Wildman–Crippen MR) is 102 cm³/mol. The fourth-order valence-corrected chi connectivity index (χ4v) is 2.50. The number of carbonyl (C=O) groups is 2. The van der Waals surface area contributed by atoms with Crippen LogP contribution in [0.25, 0.3) is 0 Å². The van der Waals surface area contributed by atoms with Crippen molar-refractivity contribution in [2.75, 3.05) is 18.1 Å². The van der Waals surface area contributed by atoms with Gasteiger partial charge in [-0.1, -0.05) is 48.5 Å². The van der Waals surface area contributed by atoms with E-state index in [0.717, 1.165) is 6.08 Å². The molecule has 0 heterocycles. The van der Waals surface area contributed by atoms with Crippen LogP contribution in [0.1, 0.15) is 25.6 Å². The van der Waals surface area contributed by atoms with E-state index < -0.39 is 18.2 Å². The van der Waals surface area contributed by atoms with Gasteiger partial charge >= 0.3 is 11.9 Å². The van der Waals surface area contributed by atoms with Gasteiger partial charge in [-0.2, -0.15) is 0 Å². The Morgan fingerprint density at radius 1 is 0.963 bits per heavy atom. The highest BCUT2D eigenvalue weighted by atomic mass is 16.5. The van der Waals surface area contributed by atoms with Crippen molar-refractivity contribution in [2.45, 2.75) is 20.1 Å². The van der Waals surface area contributed by atoms with E-state index in [4.69, 9.17) is 9.47 Å². The summed E-state index contributed by atoms with van der Waals surface area (Å²) in [5.41, 5.74) is 0.968. The van der Waals surface area contributed by atoms with Gasteiger partial charge in [0.15, 0.2) is 6.23 Å². The monoisotopic (exact) mass is 369 g/mol. The quantitative estimate of drug-likeness (QED) is 0.437. The number of nitrogens with zero attached hydrogens (tertiary/aromatic N) is 1. The molecule has 0 aliphatic rings. The van der Waals surface area contributed by atoms with E-state index >= 15 is 0 Å². The maximum absolute atomic E-state index is 12.6. The number of carbonyl (C=O) groups excluding carboxylic acids is 2. The highest BCUT2D eigenvalue weighted by molar-refractivity contribution is 5.99. The van der Waals surface area contributed by atoms with Gasteiger partial charge in [-0.25, -0.2) is 9.59 Å². The van der Waals surface area contributed by atoms with Gasteiger partial charge in [0.2, 0.25) is 0 Å². The summed E-state index contributed by atoms with van der Waals surface area (Å²) in [4.78, 5) is 26.0. The molecule has 2 aromatic carbocycles. The van der Waals surface area contributed by atoms with Gasteiger partial charge in [0.05, 0.1) is 19.3 Å². The Balaban J connectivity index is 2.56. The van der Waals surface area contributed by atoms with Crippen LogP contribution in [0.4, 0.5) is 5.69 Å². The minimum Gasteiger partial charge on any atom is -0.463 e. The van der Waals surface area contributed by atoms with Crippen LogP contribution < -0.4 is 4.90 Å². The molecule has 0 aliphatic heterocycles. The second kappa shape index (κ2) is 10.1. The topological polar surface area (TPSA) is 76.1 Å². The second-order valence-electron chi connectivity index (χ2n) is 5.49. The lowest BCUT2D eigenvalue weighted by molar-refractivity contribution is -0.141. The minimum absolute atomic E-state index is 0.113. The molecular formula is C21H23NO5. The Kier molecular flexibility index (Phi) is 7.58. The highest BCUT2D eigenvalue weighted by Gasteiger charge is 2.28. The molecule has 0 amide bonds. The van der Waals surface area contributed by atoms with Gasteiger partial charge in [-0.3, -0.25) is 0 Å². The SMILES string of the molecule is CCOC(=O)/C=C(/C(=O)OCC)N(c1ccccc1)C(O)c1ccccc1. The van der Waals surface area contributed by atoms with Crippen molar-refractivity contribution < 1.29 is 24.2 Å². The van der Waals surface area contributed by atoms with E-state index in [1.165, 1.54) is 4.90 Å². The van der Waals surface area contributed by atoms with E-state index in [9.17, 15) is 14.7 Å².